The molecule has 1 N–H and O–H groups in total. The topological polar surface area (TPSA) is 49.4 Å². The van der Waals surface area contributed by atoms with Gasteiger partial charge in [0.25, 0.3) is 0 Å². The van der Waals surface area contributed by atoms with Crippen LogP contribution in [-0.4, -0.2) is 17.6 Å². The monoisotopic (exact) mass is 452 g/mol. The van der Waals surface area contributed by atoms with Crippen LogP contribution in [0.3, 0.4) is 0 Å². The third kappa shape index (κ3) is 5.74. The first-order chi connectivity index (χ1) is 15.2. The van der Waals surface area contributed by atoms with Crippen LogP contribution >= 0.6 is 11.8 Å². The van der Waals surface area contributed by atoms with Gasteiger partial charge in [0.1, 0.15) is 5.37 Å². The number of thioether (sulfide) groups is 1. The Balaban J connectivity index is 1.73. The molecule has 2 atom stereocenters. The summed E-state index contributed by atoms with van der Waals surface area (Å²) in [5.41, 5.74) is 4.13. The van der Waals surface area contributed by atoms with E-state index in [1.165, 1.54) is 5.56 Å². The second-order valence-electron chi connectivity index (χ2n) is 9.58. The Morgan fingerprint density at radius 1 is 1.09 bits per heavy atom. The maximum absolute atomic E-state index is 12.7. The minimum absolute atomic E-state index is 0.0549. The van der Waals surface area contributed by atoms with Gasteiger partial charge in [-0.1, -0.05) is 71.7 Å². The molecular formula is C27H36N2O2S. The maximum atomic E-state index is 12.7. The molecule has 5 heteroatoms. The van der Waals surface area contributed by atoms with E-state index in [1.807, 2.05) is 41.3 Å². The highest BCUT2D eigenvalue weighted by Crippen LogP contribution is 2.42. The average Bonchev–Trinajstić information content (AvgIpc) is 3.15. The van der Waals surface area contributed by atoms with Crippen LogP contribution in [0.15, 0.2) is 48.5 Å². The first-order valence-corrected chi connectivity index (χ1v) is 12.7. The fourth-order valence-electron chi connectivity index (χ4n) is 4.02. The van der Waals surface area contributed by atoms with E-state index < -0.39 is 0 Å². The molecule has 0 aliphatic carbocycles. The lowest BCUT2D eigenvalue weighted by molar-refractivity contribution is -0.120. The number of anilines is 2. The van der Waals surface area contributed by atoms with E-state index in [4.69, 9.17) is 0 Å². The van der Waals surface area contributed by atoms with Crippen LogP contribution in [-0.2, 0) is 15.0 Å². The summed E-state index contributed by atoms with van der Waals surface area (Å²) in [7, 11) is 0. The SMILES string of the molecule is CCCC[C@H](CC)C(=O)Nc1ccc([C@@H]2SCC(=O)N2c2ccc(C(C)(C)C)cc2)cc1. The van der Waals surface area contributed by atoms with E-state index in [0.717, 1.165) is 42.6 Å². The molecular weight excluding hydrogens is 416 g/mol. The summed E-state index contributed by atoms with van der Waals surface area (Å²) in [5.74, 6) is 0.756. The van der Waals surface area contributed by atoms with Crippen molar-refractivity contribution in [2.45, 2.75) is 71.1 Å². The average molecular weight is 453 g/mol. The zero-order valence-corrected chi connectivity index (χ0v) is 20.8. The molecule has 32 heavy (non-hydrogen) atoms. The second-order valence-corrected chi connectivity index (χ2v) is 10.7. The Kier molecular flexibility index (Phi) is 8.05. The van der Waals surface area contributed by atoms with E-state index in [-0.39, 0.29) is 28.5 Å². The highest BCUT2D eigenvalue weighted by Gasteiger charge is 2.34. The van der Waals surface area contributed by atoms with E-state index in [2.05, 4.69) is 52.1 Å². The summed E-state index contributed by atoms with van der Waals surface area (Å²) in [5, 5.41) is 3.01. The molecule has 1 fully saturated rings. The first kappa shape index (κ1) is 24.4. The van der Waals surface area contributed by atoms with Gasteiger partial charge in [0.15, 0.2) is 0 Å². The Morgan fingerprint density at radius 3 is 2.31 bits per heavy atom. The minimum atomic E-state index is -0.0549. The number of rotatable bonds is 8. The lowest BCUT2D eigenvalue weighted by atomic mass is 9.87. The third-order valence-electron chi connectivity index (χ3n) is 6.11. The number of unbranched alkanes of at least 4 members (excludes halogenated alkanes) is 1. The van der Waals surface area contributed by atoms with Crippen LogP contribution in [0.4, 0.5) is 11.4 Å². The van der Waals surface area contributed by atoms with Crippen molar-refractivity contribution in [2.24, 2.45) is 5.92 Å². The normalized spacial score (nSPS) is 17.5. The van der Waals surface area contributed by atoms with Gasteiger partial charge in [0.2, 0.25) is 11.8 Å². The van der Waals surface area contributed by atoms with Crippen molar-refractivity contribution in [3.8, 4) is 0 Å². The maximum Gasteiger partial charge on any atom is 0.238 e. The van der Waals surface area contributed by atoms with Gasteiger partial charge in [0.05, 0.1) is 5.75 Å². The second kappa shape index (κ2) is 10.6. The highest BCUT2D eigenvalue weighted by atomic mass is 32.2. The molecule has 2 aromatic carbocycles. The van der Waals surface area contributed by atoms with Crippen LogP contribution in [0.25, 0.3) is 0 Å². The number of hydrogen-bond donors (Lipinski definition) is 1. The molecule has 4 nitrogen and oxygen atoms in total. The van der Waals surface area contributed by atoms with Gasteiger partial charge in [-0.2, -0.15) is 0 Å². The largest absolute Gasteiger partial charge is 0.326 e. The number of carbonyl (C=O) groups is 2. The quantitative estimate of drug-likeness (QED) is 0.473. The Labute approximate surface area is 197 Å². The van der Waals surface area contributed by atoms with Gasteiger partial charge in [-0.3, -0.25) is 14.5 Å². The number of benzene rings is 2. The van der Waals surface area contributed by atoms with Crippen LogP contribution in [0, 0.1) is 5.92 Å². The van der Waals surface area contributed by atoms with E-state index >= 15 is 0 Å². The molecule has 2 amide bonds. The fraction of sp³-hybridized carbons (Fsp3) is 0.481. The van der Waals surface area contributed by atoms with Gasteiger partial charge in [-0.05, 0) is 53.6 Å². The Hall–Kier alpha value is -2.27. The standard InChI is InChI=1S/C27H36N2O2S/c1-6-8-9-19(7-2)25(31)28-22-14-10-20(11-15-22)26-29(24(30)18-32-26)23-16-12-21(13-17-23)27(3,4)5/h10-17,19,26H,6-9,18H2,1-5H3,(H,28,31)/t19-,26-/m0/s1. The number of amides is 2. The lowest BCUT2D eigenvalue weighted by Gasteiger charge is -2.26. The summed E-state index contributed by atoms with van der Waals surface area (Å²) < 4.78 is 0. The molecule has 0 saturated carbocycles. The van der Waals surface area contributed by atoms with Gasteiger partial charge in [-0.25, -0.2) is 0 Å². The minimum Gasteiger partial charge on any atom is -0.326 e. The molecule has 2 aromatic rings. The van der Waals surface area contributed by atoms with E-state index in [1.54, 1.807) is 11.8 Å². The molecule has 3 rings (SSSR count). The number of nitrogens with one attached hydrogen (secondary N) is 1. The van der Waals surface area contributed by atoms with Gasteiger partial charge < -0.3 is 5.32 Å². The van der Waals surface area contributed by atoms with Crippen molar-refractivity contribution in [1.29, 1.82) is 0 Å². The number of hydrogen-bond acceptors (Lipinski definition) is 3. The van der Waals surface area contributed by atoms with Crippen molar-refractivity contribution in [1.82, 2.24) is 0 Å². The highest BCUT2D eigenvalue weighted by molar-refractivity contribution is 8.00. The van der Waals surface area contributed by atoms with Crippen molar-refractivity contribution < 1.29 is 9.59 Å². The molecule has 0 unspecified atom stereocenters. The molecule has 1 aliphatic rings. The molecule has 172 valence electrons. The zero-order valence-electron chi connectivity index (χ0n) is 20.0. The van der Waals surface area contributed by atoms with E-state index in [9.17, 15) is 9.59 Å². The Bertz CT molecular complexity index is 916. The molecule has 0 spiro atoms. The molecule has 0 radical (unpaired) electrons. The zero-order chi connectivity index (χ0) is 23.3. The van der Waals surface area contributed by atoms with Gasteiger partial charge in [-0.15, -0.1) is 11.8 Å². The lowest BCUT2D eigenvalue weighted by Crippen LogP contribution is -2.28. The molecule has 0 bridgehead atoms. The number of carbonyl (C=O) groups excluding carboxylic acids is 2. The van der Waals surface area contributed by atoms with Crippen molar-refractivity contribution >= 4 is 35.0 Å². The van der Waals surface area contributed by atoms with Crippen LogP contribution < -0.4 is 10.2 Å². The first-order valence-electron chi connectivity index (χ1n) is 11.7. The van der Waals surface area contributed by atoms with Crippen LogP contribution in [0.1, 0.15) is 76.8 Å². The Morgan fingerprint density at radius 2 is 1.75 bits per heavy atom. The predicted molar refractivity (Wildman–Crippen MR) is 136 cm³/mol. The molecule has 1 heterocycles. The summed E-state index contributed by atoms with van der Waals surface area (Å²) in [6.45, 7) is 10.8. The van der Waals surface area contributed by atoms with Crippen LogP contribution in [0.5, 0.6) is 0 Å². The fourth-order valence-corrected chi connectivity index (χ4v) is 5.20. The van der Waals surface area contributed by atoms with Gasteiger partial charge in [0, 0.05) is 17.3 Å². The van der Waals surface area contributed by atoms with Crippen molar-refractivity contribution in [3.63, 3.8) is 0 Å². The third-order valence-corrected chi connectivity index (χ3v) is 7.32. The molecule has 1 aliphatic heterocycles. The van der Waals surface area contributed by atoms with Gasteiger partial charge >= 0.3 is 0 Å². The van der Waals surface area contributed by atoms with E-state index in [0.29, 0.717) is 5.75 Å². The number of nitrogens with zero attached hydrogens (tertiary/aromatic N) is 1. The molecule has 1 saturated heterocycles. The van der Waals surface area contributed by atoms with Crippen molar-refractivity contribution in [3.05, 3.63) is 59.7 Å². The van der Waals surface area contributed by atoms with Crippen molar-refractivity contribution in [2.75, 3.05) is 16.0 Å². The van der Waals surface area contributed by atoms with Crippen LogP contribution in [0.2, 0.25) is 0 Å². The summed E-state index contributed by atoms with van der Waals surface area (Å²) in [6.07, 6.45) is 3.96. The smallest absolute Gasteiger partial charge is 0.238 e. The molecule has 0 aromatic heterocycles. The predicted octanol–water partition coefficient (Wildman–Crippen LogP) is 6.92. The summed E-state index contributed by atoms with van der Waals surface area (Å²) in [6, 6.07) is 16.3. The summed E-state index contributed by atoms with van der Waals surface area (Å²) in [4.78, 5) is 27.2. The summed E-state index contributed by atoms with van der Waals surface area (Å²) >= 11 is 1.64.